The summed E-state index contributed by atoms with van der Waals surface area (Å²) in [4.78, 5) is 11.9. The summed E-state index contributed by atoms with van der Waals surface area (Å²) in [6.45, 7) is 6.10. The zero-order chi connectivity index (χ0) is 12.5. The molecule has 0 spiro atoms. The van der Waals surface area contributed by atoms with Crippen LogP contribution in [0.15, 0.2) is 24.3 Å². The molecule has 0 heterocycles. The van der Waals surface area contributed by atoms with Gasteiger partial charge in [0.1, 0.15) is 0 Å². The highest BCUT2D eigenvalue weighted by molar-refractivity contribution is 5.94. The quantitative estimate of drug-likeness (QED) is 0.837. The third-order valence-corrected chi connectivity index (χ3v) is 3.28. The summed E-state index contributed by atoms with van der Waals surface area (Å²) in [5.41, 5.74) is 2.24. The van der Waals surface area contributed by atoms with E-state index in [1.54, 1.807) is 0 Å². The number of carbonyl (C=O) groups is 1. The first-order chi connectivity index (χ1) is 7.98. The molecule has 1 unspecified atom stereocenters. The molecule has 2 N–H and O–H groups in total. The third-order valence-electron chi connectivity index (χ3n) is 3.28. The first-order valence-corrected chi connectivity index (χ1v) is 6.14. The lowest BCUT2D eigenvalue weighted by atomic mass is 10.2. The van der Waals surface area contributed by atoms with Crippen LogP contribution >= 0.6 is 0 Å². The van der Waals surface area contributed by atoms with Gasteiger partial charge < -0.3 is 10.6 Å². The molecule has 3 nitrogen and oxygen atoms in total. The molecule has 1 aromatic carbocycles. The number of hydrogen-bond acceptors (Lipinski definition) is 2. The van der Waals surface area contributed by atoms with Crippen molar-refractivity contribution in [1.29, 1.82) is 0 Å². The van der Waals surface area contributed by atoms with Crippen molar-refractivity contribution >= 4 is 11.6 Å². The van der Waals surface area contributed by atoms with Crippen LogP contribution in [-0.4, -0.2) is 17.5 Å². The second-order valence-corrected chi connectivity index (χ2v) is 5.28. The first-order valence-electron chi connectivity index (χ1n) is 6.14. The van der Waals surface area contributed by atoms with Crippen molar-refractivity contribution in [2.24, 2.45) is 0 Å². The van der Waals surface area contributed by atoms with Crippen LogP contribution in [0.1, 0.15) is 32.3 Å². The molecular formula is C14H20N2O. The highest BCUT2D eigenvalue weighted by atomic mass is 16.2. The molecule has 0 aliphatic heterocycles. The molecule has 1 aromatic rings. The van der Waals surface area contributed by atoms with E-state index < -0.39 is 0 Å². The van der Waals surface area contributed by atoms with Crippen LogP contribution in [0.25, 0.3) is 0 Å². The van der Waals surface area contributed by atoms with Gasteiger partial charge in [-0.3, -0.25) is 4.79 Å². The molecule has 0 bridgehead atoms. The average Bonchev–Trinajstić information content (AvgIpc) is 2.99. The Hall–Kier alpha value is -1.35. The molecule has 0 radical (unpaired) electrons. The van der Waals surface area contributed by atoms with Gasteiger partial charge in [0.05, 0.1) is 6.04 Å². The van der Waals surface area contributed by atoms with Crippen molar-refractivity contribution in [3.63, 3.8) is 0 Å². The zero-order valence-electron chi connectivity index (χ0n) is 10.7. The fourth-order valence-corrected chi connectivity index (χ4v) is 1.81. The minimum absolute atomic E-state index is 0.0296. The van der Waals surface area contributed by atoms with Crippen LogP contribution in [0.2, 0.25) is 0 Å². The van der Waals surface area contributed by atoms with E-state index >= 15 is 0 Å². The van der Waals surface area contributed by atoms with Crippen molar-refractivity contribution in [3.8, 4) is 0 Å². The smallest absolute Gasteiger partial charge is 0.241 e. The van der Waals surface area contributed by atoms with Crippen molar-refractivity contribution < 1.29 is 4.79 Å². The molecule has 92 valence electrons. The molecule has 1 amide bonds. The largest absolute Gasteiger partial charge is 0.325 e. The number of anilines is 1. The predicted octanol–water partition coefficient (Wildman–Crippen LogP) is 2.46. The number of aryl methyl sites for hydroxylation is 1. The van der Waals surface area contributed by atoms with Crippen LogP contribution in [0.5, 0.6) is 0 Å². The number of benzene rings is 1. The van der Waals surface area contributed by atoms with E-state index in [1.807, 2.05) is 38.1 Å². The van der Waals surface area contributed by atoms with Gasteiger partial charge >= 0.3 is 0 Å². The Labute approximate surface area is 103 Å². The average molecular weight is 232 g/mol. The van der Waals surface area contributed by atoms with Gasteiger partial charge in [-0.05, 0) is 45.7 Å². The van der Waals surface area contributed by atoms with E-state index in [9.17, 15) is 4.79 Å². The minimum Gasteiger partial charge on any atom is -0.325 e. The topological polar surface area (TPSA) is 41.1 Å². The highest BCUT2D eigenvalue weighted by Gasteiger charge is 2.39. The molecule has 1 saturated carbocycles. The Kier molecular flexibility index (Phi) is 3.20. The first kappa shape index (κ1) is 12.1. The Morgan fingerprint density at radius 3 is 2.41 bits per heavy atom. The van der Waals surface area contributed by atoms with Crippen molar-refractivity contribution in [2.45, 2.75) is 45.2 Å². The molecule has 1 aliphatic rings. The standard InChI is InChI=1S/C14H20N2O/c1-10-4-6-12(7-5-10)15-13(17)11(2)16-14(3)8-9-14/h4-7,11,16H,8-9H2,1-3H3,(H,15,17). The van der Waals surface area contributed by atoms with E-state index in [4.69, 9.17) is 0 Å². The van der Waals surface area contributed by atoms with E-state index in [0.717, 1.165) is 18.5 Å². The molecule has 0 aromatic heterocycles. The lowest BCUT2D eigenvalue weighted by molar-refractivity contribution is -0.118. The van der Waals surface area contributed by atoms with Gasteiger partial charge in [0, 0.05) is 11.2 Å². The Balaban J connectivity index is 1.89. The number of hydrogen-bond donors (Lipinski definition) is 2. The maximum absolute atomic E-state index is 11.9. The maximum Gasteiger partial charge on any atom is 0.241 e. The van der Waals surface area contributed by atoms with Crippen LogP contribution in [0.3, 0.4) is 0 Å². The van der Waals surface area contributed by atoms with Crippen molar-refractivity contribution in [2.75, 3.05) is 5.32 Å². The van der Waals surface area contributed by atoms with Crippen LogP contribution in [0.4, 0.5) is 5.69 Å². The van der Waals surface area contributed by atoms with E-state index in [0.29, 0.717) is 0 Å². The third kappa shape index (κ3) is 3.30. The Morgan fingerprint density at radius 2 is 1.88 bits per heavy atom. The second kappa shape index (κ2) is 4.49. The number of amides is 1. The normalized spacial score (nSPS) is 18.5. The molecule has 3 heteroatoms. The minimum atomic E-state index is -0.149. The molecule has 1 fully saturated rings. The predicted molar refractivity (Wildman–Crippen MR) is 70.0 cm³/mol. The number of rotatable bonds is 4. The fourth-order valence-electron chi connectivity index (χ4n) is 1.81. The molecule has 2 rings (SSSR count). The lowest BCUT2D eigenvalue weighted by Crippen LogP contribution is -2.44. The summed E-state index contributed by atoms with van der Waals surface area (Å²) in [6.07, 6.45) is 2.32. The zero-order valence-corrected chi connectivity index (χ0v) is 10.7. The molecule has 1 atom stereocenters. The van der Waals surface area contributed by atoms with Gasteiger partial charge in [-0.15, -0.1) is 0 Å². The van der Waals surface area contributed by atoms with Gasteiger partial charge in [0.2, 0.25) is 5.91 Å². The van der Waals surface area contributed by atoms with Gasteiger partial charge in [-0.2, -0.15) is 0 Å². The fraction of sp³-hybridized carbons (Fsp3) is 0.500. The van der Waals surface area contributed by atoms with E-state index in [2.05, 4.69) is 17.6 Å². The number of carbonyl (C=O) groups excluding carboxylic acids is 1. The number of nitrogens with one attached hydrogen (secondary N) is 2. The van der Waals surface area contributed by atoms with Gasteiger partial charge in [0.25, 0.3) is 0 Å². The van der Waals surface area contributed by atoms with Crippen LogP contribution < -0.4 is 10.6 Å². The van der Waals surface area contributed by atoms with Crippen molar-refractivity contribution in [1.82, 2.24) is 5.32 Å². The lowest BCUT2D eigenvalue weighted by Gasteiger charge is -2.18. The molecule has 17 heavy (non-hydrogen) atoms. The van der Waals surface area contributed by atoms with Gasteiger partial charge in [0.15, 0.2) is 0 Å². The Morgan fingerprint density at radius 1 is 1.29 bits per heavy atom. The summed E-state index contributed by atoms with van der Waals surface area (Å²) in [6, 6.07) is 7.70. The second-order valence-electron chi connectivity index (χ2n) is 5.28. The van der Waals surface area contributed by atoms with Crippen LogP contribution in [-0.2, 0) is 4.79 Å². The van der Waals surface area contributed by atoms with Crippen molar-refractivity contribution in [3.05, 3.63) is 29.8 Å². The maximum atomic E-state index is 11.9. The summed E-state index contributed by atoms with van der Waals surface area (Å²) >= 11 is 0. The summed E-state index contributed by atoms with van der Waals surface area (Å²) < 4.78 is 0. The van der Waals surface area contributed by atoms with Gasteiger partial charge in [-0.1, -0.05) is 17.7 Å². The van der Waals surface area contributed by atoms with E-state index in [1.165, 1.54) is 5.56 Å². The van der Waals surface area contributed by atoms with Gasteiger partial charge in [-0.25, -0.2) is 0 Å². The molecular weight excluding hydrogens is 212 g/mol. The molecule has 0 saturated heterocycles. The SMILES string of the molecule is Cc1ccc(NC(=O)C(C)NC2(C)CC2)cc1. The Bertz CT molecular complexity index is 407. The summed E-state index contributed by atoms with van der Waals surface area (Å²) in [5.74, 6) is 0.0296. The monoisotopic (exact) mass is 232 g/mol. The molecule has 1 aliphatic carbocycles. The van der Waals surface area contributed by atoms with E-state index in [-0.39, 0.29) is 17.5 Å². The summed E-state index contributed by atoms with van der Waals surface area (Å²) in [7, 11) is 0. The highest BCUT2D eigenvalue weighted by Crippen LogP contribution is 2.34. The van der Waals surface area contributed by atoms with Crippen LogP contribution in [0, 0.1) is 6.92 Å². The summed E-state index contributed by atoms with van der Waals surface area (Å²) in [5, 5.41) is 6.27.